The Kier molecular flexibility index (Phi) is 5.44. The number of thioether (sulfide) groups is 1. The number of nitrogens with zero attached hydrogens (tertiary/aromatic N) is 3. The van der Waals surface area contributed by atoms with Crippen LogP contribution in [0.2, 0.25) is 0 Å². The van der Waals surface area contributed by atoms with Crippen LogP contribution in [0.1, 0.15) is 21.5 Å². The summed E-state index contributed by atoms with van der Waals surface area (Å²) in [5, 5.41) is 4.91. The highest BCUT2D eigenvalue weighted by molar-refractivity contribution is 7.98. The highest BCUT2D eigenvalue weighted by Crippen LogP contribution is 2.23. The molecular formula is C21H17N5OS. The van der Waals surface area contributed by atoms with Crippen LogP contribution in [0.4, 0.5) is 0 Å². The molecule has 2 N–H and O–H groups in total. The Morgan fingerprint density at radius 3 is 2.64 bits per heavy atom. The molecule has 0 aliphatic carbocycles. The maximum atomic E-state index is 11.9. The summed E-state index contributed by atoms with van der Waals surface area (Å²) in [7, 11) is 0. The van der Waals surface area contributed by atoms with Crippen molar-refractivity contribution < 1.29 is 4.79 Å². The largest absolute Gasteiger partial charge is 0.333 e. The van der Waals surface area contributed by atoms with E-state index in [1.807, 2.05) is 48.5 Å². The zero-order valence-corrected chi connectivity index (χ0v) is 15.7. The number of aromatic amines is 1. The normalized spacial score (nSPS) is 11.1. The van der Waals surface area contributed by atoms with Crippen molar-refractivity contribution in [1.29, 1.82) is 0 Å². The van der Waals surface area contributed by atoms with Crippen LogP contribution in [0.5, 0.6) is 0 Å². The summed E-state index contributed by atoms with van der Waals surface area (Å²) in [6, 6.07) is 19.3. The van der Waals surface area contributed by atoms with Gasteiger partial charge in [-0.25, -0.2) is 10.4 Å². The molecule has 0 saturated heterocycles. The van der Waals surface area contributed by atoms with Gasteiger partial charge < -0.3 is 4.98 Å². The molecule has 6 nitrogen and oxygen atoms in total. The summed E-state index contributed by atoms with van der Waals surface area (Å²) in [5.41, 5.74) is 7.14. The molecule has 2 aromatic heterocycles. The van der Waals surface area contributed by atoms with Crippen LogP contribution in [-0.4, -0.2) is 27.1 Å². The van der Waals surface area contributed by atoms with Crippen molar-refractivity contribution in [3.05, 3.63) is 89.7 Å². The molecule has 0 aliphatic rings. The standard InChI is InChI=1S/C21H17N5OS/c27-20(17-9-11-22-12-10-17)26-23-13-15-5-7-16(8-6-15)14-28-21-24-18-3-1-2-4-19(18)25-21/h1-13H,14H2,(H,24,25)(H,26,27)/b23-13+. The molecule has 4 rings (SSSR count). The van der Waals surface area contributed by atoms with Crippen molar-refractivity contribution in [2.45, 2.75) is 10.9 Å². The van der Waals surface area contributed by atoms with Crippen molar-refractivity contribution in [3.63, 3.8) is 0 Å². The number of carbonyl (C=O) groups excluding carboxylic acids is 1. The number of rotatable bonds is 6. The average Bonchev–Trinajstić information content (AvgIpc) is 3.17. The number of hydrazone groups is 1. The van der Waals surface area contributed by atoms with Gasteiger partial charge in [0.15, 0.2) is 5.16 Å². The number of nitrogens with one attached hydrogen (secondary N) is 2. The number of hydrogen-bond donors (Lipinski definition) is 2. The lowest BCUT2D eigenvalue weighted by Crippen LogP contribution is -2.17. The summed E-state index contributed by atoms with van der Waals surface area (Å²) in [6.45, 7) is 0. The summed E-state index contributed by atoms with van der Waals surface area (Å²) < 4.78 is 0. The minimum absolute atomic E-state index is 0.266. The Bertz CT molecular complexity index is 1070. The highest BCUT2D eigenvalue weighted by atomic mass is 32.2. The van der Waals surface area contributed by atoms with Crippen molar-refractivity contribution in [1.82, 2.24) is 20.4 Å². The molecule has 138 valence electrons. The summed E-state index contributed by atoms with van der Waals surface area (Å²) in [6.07, 6.45) is 4.76. The molecule has 0 unspecified atom stereocenters. The molecule has 0 saturated carbocycles. The minimum atomic E-state index is -0.266. The van der Waals surface area contributed by atoms with Gasteiger partial charge in [-0.05, 0) is 35.4 Å². The van der Waals surface area contributed by atoms with Gasteiger partial charge in [-0.3, -0.25) is 9.78 Å². The fourth-order valence-corrected chi connectivity index (χ4v) is 3.42. The molecule has 0 atom stereocenters. The van der Waals surface area contributed by atoms with Gasteiger partial charge in [0.1, 0.15) is 0 Å². The molecule has 0 spiro atoms. The zero-order valence-electron chi connectivity index (χ0n) is 14.9. The SMILES string of the molecule is O=C(N/N=C/c1ccc(CSc2nc3ccccc3[nH]2)cc1)c1ccncc1. The molecule has 0 fully saturated rings. The van der Waals surface area contributed by atoms with Crippen molar-refractivity contribution in [2.24, 2.45) is 5.10 Å². The Morgan fingerprint density at radius 1 is 1.07 bits per heavy atom. The molecule has 2 aromatic carbocycles. The molecule has 1 amide bonds. The zero-order chi connectivity index (χ0) is 19.2. The van der Waals surface area contributed by atoms with Crippen molar-refractivity contribution >= 4 is 34.9 Å². The van der Waals surface area contributed by atoms with Gasteiger partial charge in [-0.2, -0.15) is 5.10 Å². The fraction of sp³-hybridized carbons (Fsp3) is 0.0476. The first-order valence-corrected chi connectivity index (χ1v) is 9.66. The number of imidazole rings is 1. The molecule has 0 bridgehead atoms. The van der Waals surface area contributed by atoms with E-state index in [1.165, 1.54) is 5.56 Å². The molecule has 4 aromatic rings. The number of pyridine rings is 1. The van der Waals surface area contributed by atoms with E-state index in [4.69, 9.17) is 0 Å². The van der Waals surface area contributed by atoms with E-state index < -0.39 is 0 Å². The van der Waals surface area contributed by atoms with E-state index in [-0.39, 0.29) is 5.91 Å². The third kappa shape index (κ3) is 4.44. The summed E-state index contributed by atoms with van der Waals surface area (Å²) in [4.78, 5) is 23.7. The van der Waals surface area contributed by atoms with Gasteiger partial charge in [-0.15, -0.1) is 0 Å². The Morgan fingerprint density at radius 2 is 1.86 bits per heavy atom. The fourth-order valence-electron chi connectivity index (χ4n) is 2.58. The van der Waals surface area contributed by atoms with Crippen molar-refractivity contribution in [2.75, 3.05) is 0 Å². The van der Waals surface area contributed by atoms with Crippen LogP contribution < -0.4 is 5.43 Å². The topological polar surface area (TPSA) is 83.0 Å². The van der Waals surface area contributed by atoms with Gasteiger partial charge in [0, 0.05) is 23.7 Å². The van der Waals surface area contributed by atoms with E-state index in [0.717, 1.165) is 27.5 Å². The molecule has 0 radical (unpaired) electrons. The first-order valence-electron chi connectivity index (χ1n) is 8.68. The van der Waals surface area contributed by atoms with E-state index >= 15 is 0 Å². The highest BCUT2D eigenvalue weighted by Gasteiger charge is 2.04. The van der Waals surface area contributed by atoms with Gasteiger partial charge in [0.25, 0.3) is 5.91 Å². The van der Waals surface area contributed by atoms with Crippen LogP contribution >= 0.6 is 11.8 Å². The third-order valence-electron chi connectivity index (χ3n) is 4.05. The Balaban J connectivity index is 1.31. The van der Waals surface area contributed by atoms with Crippen LogP contribution in [0.3, 0.4) is 0 Å². The third-order valence-corrected chi connectivity index (χ3v) is 4.99. The molecular weight excluding hydrogens is 370 g/mol. The minimum Gasteiger partial charge on any atom is -0.333 e. The molecule has 0 aliphatic heterocycles. The van der Waals surface area contributed by atoms with Crippen molar-refractivity contribution in [3.8, 4) is 0 Å². The first-order chi connectivity index (χ1) is 13.8. The Labute approximate surface area is 166 Å². The number of amides is 1. The maximum absolute atomic E-state index is 11.9. The average molecular weight is 387 g/mol. The number of carbonyl (C=O) groups is 1. The van der Waals surface area contributed by atoms with Gasteiger partial charge in [0.05, 0.1) is 17.2 Å². The molecule has 2 heterocycles. The number of benzene rings is 2. The van der Waals surface area contributed by atoms with Gasteiger partial charge in [-0.1, -0.05) is 48.2 Å². The lowest BCUT2D eigenvalue weighted by atomic mass is 10.2. The Hall–Kier alpha value is -3.45. The monoisotopic (exact) mass is 387 g/mol. The second-order valence-corrected chi connectivity index (χ2v) is 6.99. The van der Waals surface area contributed by atoms with E-state index in [1.54, 1.807) is 42.5 Å². The summed E-state index contributed by atoms with van der Waals surface area (Å²) in [5.74, 6) is 0.549. The smallest absolute Gasteiger partial charge is 0.271 e. The van der Waals surface area contributed by atoms with Crippen LogP contribution in [0.25, 0.3) is 11.0 Å². The van der Waals surface area contributed by atoms with Gasteiger partial charge >= 0.3 is 0 Å². The predicted octanol–water partition coefficient (Wildman–Crippen LogP) is 4.01. The van der Waals surface area contributed by atoms with Crippen LogP contribution in [0, 0.1) is 0 Å². The maximum Gasteiger partial charge on any atom is 0.271 e. The number of fused-ring (bicyclic) bond motifs is 1. The summed E-state index contributed by atoms with van der Waals surface area (Å²) >= 11 is 1.66. The molecule has 7 heteroatoms. The predicted molar refractivity (Wildman–Crippen MR) is 111 cm³/mol. The second-order valence-electron chi connectivity index (χ2n) is 6.02. The molecule has 28 heavy (non-hydrogen) atoms. The first kappa shape index (κ1) is 17.9. The number of H-pyrrole nitrogens is 1. The van der Waals surface area contributed by atoms with Crippen LogP contribution in [-0.2, 0) is 5.75 Å². The second kappa shape index (κ2) is 8.49. The number of aromatic nitrogens is 3. The number of hydrogen-bond acceptors (Lipinski definition) is 5. The van der Waals surface area contributed by atoms with E-state index in [0.29, 0.717) is 5.56 Å². The number of para-hydroxylation sites is 2. The van der Waals surface area contributed by atoms with E-state index in [2.05, 4.69) is 25.5 Å². The van der Waals surface area contributed by atoms with Crippen LogP contribution in [0.15, 0.2) is 83.3 Å². The lowest BCUT2D eigenvalue weighted by Gasteiger charge is -2.01. The van der Waals surface area contributed by atoms with E-state index in [9.17, 15) is 4.79 Å². The quantitative estimate of drug-likeness (QED) is 0.297. The van der Waals surface area contributed by atoms with Gasteiger partial charge in [0.2, 0.25) is 0 Å². The lowest BCUT2D eigenvalue weighted by molar-refractivity contribution is 0.0955.